The highest BCUT2D eigenvalue weighted by Crippen LogP contribution is 2.62. The van der Waals surface area contributed by atoms with Gasteiger partial charge in [0.1, 0.15) is 36.2 Å². The van der Waals surface area contributed by atoms with Crippen LogP contribution in [0.4, 0.5) is 4.79 Å². The van der Waals surface area contributed by atoms with Crippen molar-refractivity contribution in [2.24, 2.45) is 22.9 Å². The number of allylic oxidation sites excluding steroid dienone is 1. The van der Waals surface area contributed by atoms with Crippen LogP contribution in [0.15, 0.2) is 102 Å². The standard InChI is InChI=1S/C44H52N2O9/c1-4-23-52-44-40(46(2)43(50)51-3)27-38(45-53-29-30-13-6-5-7-14-30)36-25-32(16-8-10-21-47)35(18-9-11-22-48)41(42(36)44)37-26-34(19-20-39(37)55-44)54-33-17-12-15-31(24-33)28-49/h4-7,12-15,17,19-20,24-26,28,32,35,40-42,47-48H,1,8-11,16,18,21-23,27,29H2,2-3H3. The average Bonchev–Trinajstić information content (AvgIpc) is 3.21. The fraction of sp³-hybridized carbons (Fsp3) is 0.432. The van der Waals surface area contributed by atoms with Crippen LogP contribution in [-0.2, 0) is 20.9 Å². The van der Waals surface area contributed by atoms with Gasteiger partial charge in [0.25, 0.3) is 0 Å². The Morgan fingerprint density at radius 3 is 2.49 bits per heavy atom. The molecule has 0 saturated heterocycles. The number of hydrogen-bond acceptors (Lipinski definition) is 10. The lowest BCUT2D eigenvalue weighted by molar-refractivity contribution is -0.253. The molecule has 0 radical (unpaired) electrons. The van der Waals surface area contributed by atoms with Gasteiger partial charge in [-0.25, -0.2) is 4.79 Å². The molecule has 1 heterocycles. The predicted octanol–water partition coefficient (Wildman–Crippen LogP) is 7.82. The van der Waals surface area contributed by atoms with Crippen molar-refractivity contribution < 1.29 is 43.6 Å². The van der Waals surface area contributed by atoms with Crippen LogP contribution < -0.4 is 9.47 Å². The number of hydrogen-bond donors (Lipinski definition) is 2. The van der Waals surface area contributed by atoms with E-state index in [1.165, 1.54) is 12.0 Å². The number of aldehydes is 1. The van der Waals surface area contributed by atoms with Gasteiger partial charge in [0.05, 0.1) is 25.3 Å². The largest absolute Gasteiger partial charge is 0.459 e. The third-order valence-electron chi connectivity index (χ3n) is 11.1. The third kappa shape index (κ3) is 8.64. The van der Waals surface area contributed by atoms with Gasteiger partial charge in [0.2, 0.25) is 5.79 Å². The number of carbonyl (C=O) groups is 2. The van der Waals surface area contributed by atoms with E-state index >= 15 is 0 Å². The maximum atomic E-state index is 13.4. The number of nitrogens with zero attached hydrogens (tertiary/aromatic N) is 2. The molecule has 1 saturated carbocycles. The smallest absolute Gasteiger partial charge is 0.409 e. The van der Waals surface area contributed by atoms with Crippen molar-refractivity contribution in [2.75, 3.05) is 34.0 Å². The molecule has 0 bridgehead atoms. The van der Waals surface area contributed by atoms with Crippen molar-refractivity contribution in [1.29, 1.82) is 0 Å². The molecule has 2 aliphatic carbocycles. The lowest BCUT2D eigenvalue weighted by Gasteiger charge is -2.59. The van der Waals surface area contributed by atoms with Crippen LogP contribution in [0, 0.1) is 17.8 Å². The van der Waals surface area contributed by atoms with E-state index in [2.05, 4.69) is 12.7 Å². The van der Waals surface area contributed by atoms with E-state index in [1.54, 1.807) is 37.4 Å². The summed E-state index contributed by atoms with van der Waals surface area (Å²) >= 11 is 0. The van der Waals surface area contributed by atoms with Crippen LogP contribution in [0.3, 0.4) is 0 Å². The van der Waals surface area contributed by atoms with Gasteiger partial charge in [0, 0.05) is 43.7 Å². The maximum absolute atomic E-state index is 13.4. The van der Waals surface area contributed by atoms with Gasteiger partial charge in [-0.05, 0) is 79.0 Å². The first-order chi connectivity index (χ1) is 26.9. The number of aliphatic hydroxyl groups excluding tert-OH is 2. The Hall–Kier alpha value is -4.97. The quantitative estimate of drug-likeness (QED) is 0.0577. The van der Waals surface area contributed by atoms with Crippen molar-refractivity contribution in [3.63, 3.8) is 0 Å². The van der Waals surface area contributed by atoms with E-state index in [1.807, 2.05) is 48.5 Å². The molecule has 1 aliphatic heterocycles. The zero-order chi connectivity index (χ0) is 38.8. The fourth-order valence-electron chi connectivity index (χ4n) is 8.61. The summed E-state index contributed by atoms with van der Waals surface area (Å²) in [6, 6.07) is 21.9. The van der Waals surface area contributed by atoms with Gasteiger partial charge < -0.3 is 38.9 Å². The minimum atomic E-state index is -1.38. The average molecular weight is 753 g/mol. The molecule has 1 fully saturated rings. The van der Waals surface area contributed by atoms with E-state index in [-0.39, 0.29) is 50.6 Å². The van der Waals surface area contributed by atoms with E-state index in [4.69, 9.17) is 28.9 Å². The molecule has 3 aromatic carbocycles. The molecule has 0 aromatic heterocycles. The van der Waals surface area contributed by atoms with Gasteiger partial charge in [0.15, 0.2) is 0 Å². The Kier molecular flexibility index (Phi) is 13.4. The van der Waals surface area contributed by atoms with Gasteiger partial charge in [-0.3, -0.25) is 4.79 Å². The summed E-state index contributed by atoms with van der Waals surface area (Å²) < 4.78 is 25.6. The Labute approximate surface area is 323 Å². The normalized spacial score (nSPS) is 24.4. The Morgan fingerprint density at radius 2 is 1.76 bits per heavy atom. The molecule has 292 valence electrons. The molecule has 6 atom stereocenters. The van der Waals surface area contributed by atoms with Crippen molar-refractivity contribution >= 4 is 18.1 Å². The van der Waals surface area contributed by atoms with Gasteiger partial charge >= 0.3 is 6.09 Å². The molecule has 11 heteroatoms. The molecular weight excluding hydrogens is 700 g/mol. The van der Waals surface area contributed by atoms with Crippen LogP contribution in [-0.4, -0.2) is 79.0 Å². The van der Waals surface area contributed by atoms with E-state index in [0.717, 1.165) is 48.7 Å². The van der Waals surface area contributed by atoms with Crippen molar-refractivity contribution in [3.05, 3.63) is 114 Å². The van der Waals surface area contributed by atoms with Crippen LogP contribution in [0.2, 0.25) is 0 Å². The molecule has 3 aromatic rings. The summed E-state index contributed by atoms with van der Waals surface area (Å²) in [7, 11) is 3.04. The molecule has 11 nitrogen and oxygen atoms in total. The molecule has 3 aliphatic rings. The predicted molar refractivity (Wildman–Crippen MR) is 208 cm³/mol. The first kappa shape index (κ1) is 39.7. The van der Waals surface area contributed by atoms with E-state index < -0.39 is 23.8 Å². The summed E-state index contributed by atoms with van der Waals surface area (Å²) in [6.07, 6.45) is 9.04. The number of carbonyl (C=O) groups excluding carboxylic acids is 2. The number of unbranched alkanes of at least 4 members (excludes halogenated alkanes) is 2. The van der Waals surface area contributed by atoms with Crippen molar-refractivity contribution in [3.8, 4) is 17.2 Å². The minimum Gasteiger partial charge on any atom is -0.459 e. The monoisotopic (exact) mass is 752 g/mol. The summed E-state index contributed by atoms with van der Waals surface area (Å²) in [6.45, 7) is 4.56. The number of amides is 1. The van der Waals surface area contributed by atoms with Gasteiger partial charge in [-0.2, -0.15) is 0 Å². The van der Waals surface area contributed by atoms with Gasteiger partial charge in [-0.15, -0.1) is 6.58 Å². The zero-order valence-electron chi connectivity index (χ0n) is 31.7. The van der Waals surface area contributed by atoms with Crippen LogP contribution in [0.1, 0.15) is 72.3 Å². The Bertz CT molecular complexity index is 1850. The number of ether oxygens (including phenoxy) is 4. The molecule has 6 rings (SSSR count). The first-order valence-electron chi connectivity index (χ1n) is 19.2. The highest BCUT2D eigenvalue weighted by molar-refractivity contribution is 6.03. The minimum absolute atomic E-state index is 0.0515. The Balaban J connectivity index is 1.55. The number of rotatable bonds is 18. The zero-order valence-corrected chi connectivity index (χ0v) is 31.7. The molecule has 2 N–H and O–H groups in total. The van der Waals surface area contributed by atoms with Crippen LogP contribution in [0.25, 0.3) is 0 Å². The number of methoxy groups -OCH3 is 1. The summed E-state index contributed by atoms with van der Waals surface area (Å²) in [5.74, 6) is -0.236. The van der Waals surface area contributed by atoms with Crippen LogP contribution >= 0.6 is 0 Å². The SMILES string of the molecule is C=CCOC12Oc3ccc(Oc4cccc(C=O)c4)cc3C3C(CCCCO)C(CCCCO)C=C(C(=NOCc4ccccc4)CC1N(C)C(=O)OC)C32. The third-order valence-corrected chi connectivity index (χ3v) is 11.1. The number of aliphatic hydroxyl groups is 2. The van der Waals surface area contributed by atoms with Crippen molar-refractivity contribution in [2.45, 2.75) is 69.3 Å². The highest BCUT2D eigenvalue weighted by Gasteiger charge is 2.65. The molecule has 55 heavy (non-hydrogen) atoms. The molecular formula is C44H52N2O9. The molecule has 1 amide bonds. The maximum Gasteiger partial charge on any atom is 0.409 e. The second-order valence-electron chi connectivity index (χ2n) is 14.4. The molecule has 0 spiro atoms. The first-order valence-corrected chi connectivity index (χ1v) is 19.2. The number of oxime groups is 1. The lowest BCUT2D eigenvalue weighted by Crippen LogP contribution is -2.69. The highest BCUT2D eigenvalue weighted by atomic mass is 16.7. The number of benzene rings is 3. The number of likely N-dealkylation sites (N-methyl/N-ethyl adjacent to an activating group) is 1. The summed E-state index contributed by atoms with van der Waals surface area (Å²) in [4.78, 5) is 32.6. The lowest BCUT2D eigenvalue weighted by atomic mass is 9.55. The van der Waals surface area contributed by atoms with Gasteiger partial charge in [-0.1, -0.05) is 72.6 Å². The number of fused-ring (bicyclic) bond motifs is 2. The van der Waals surface area contributed by atoms with Crippen molar-refractivity contribution in [1.82, 2.24) is 4.90 Å². The molecule has 6 unspecified atom stereocenters. The van der Waals surface area contributed by atoms with Crippen LogP contribution in [0.5, 0.6) is 17.2 Å². The fourth-order valence-corrected chi connectivity index (χ4v) is 8.61. The van der Waals surface area contributed by atoms with E-state index in [0.29, 0.717) is 41.4 Å². The Morgan fingerprint density at radius 1 is 1.00 bits per heavy atom. The summed E-state index contributed by atoms with van der Waals surface area (Å²) in [5, 5.41) is 24.5. The second kappa shape index (κ2) is 18.6. The topological polar surface area (TPSA) is 136 Å². The second-order valence-corrected chi connectivity index (χ2v) is 14.4. The van der Waals surface area contributed by atoms with E-state index in [9.17, 15) is 19.8 Å². The summed E-state index contributed by atoms with van der Waals surface area (Å²) in [5.41, 5.74) is 4.01.